The Labute approximate surface area is 116 Å². The lowest BCUT2D eigenvalue weighted by molar-refractivity contribution is 0.300. The summed E-state index contributed by atoms with van der Waals surface area (Å²) in [6.07, 6.45) is 0.339. The van der Waals surface area contributed by atoms with E-state index in [4.69, 9.17) is 24.3 Å². The summed E-state index contributed by atoms with van der Waals surface area (Å²) in [6, 6.07) is 8.93. The summed E-state index contributed by atoms with van der Waals surface area (Å²) in [5.74, 6) is 0.647. The third kappa shape index (κ3) is 6.15. The van der Waals surface area contributed by atoms with Gasteiger partial charge in [0, 0.05) is 0 Å². The molecule has 1 aromatic carbocycles. The second-order valence-electron chi connectivity index (χ2n) is 4.02. The molecule has 1 rings (SSSR count). The van der Waals surface area contributed by atoms with E-state index in [9.17, 15) is 9.13 Å². The van der Waals surface area contributed by atoms with Gasteiger partial charge in [-0.15, -0.1) is 0 Å². The van der Waals surface area contributed by atoms with E-state index in [0.717, 1.165) is 0 Å². The van der Waals surface area contributed by atoms with E-state index >= 15 is 0 Å². The molecule has 1 aromatic rings. The number of nitrogens with one attached hydrogen (secondary N) is 1. The van der Waals surface area contributed by atoms with Crippen LogP contribution in [0.15, 0.2) is 30.3 Å². The van der Waals surface area contributed by atoms with E-state index in [1.165, 1.54) is 0 Å². The minimum atomic E-state index is -4.92. The van der Waals surface area contributed by atoms with Gasteiger partial charge >= 0.3 is 15.2 Å². The quantitative estimate of drug-likeness (QED) is 0.348. The van der Waals surface area contributed by atoms with Gasteiger partial charge in [0.1, 0.15) is 5.75 Å². The van der Waals surface area contributed by atoms with Gasteiger partial charge in [-0.25, -0.2) is 0 Å². The maximum atomic E-state index is 11.0. The Hall–Kier alpha value is -0.720. The van der Waals surface area contributed by atoms with Crippen molar-refractivity contribution in [3.63, 3.8) is 0 Å². The van der Waals surface area contributed by atoms with Crippen LogP contribution in [0.25, 0.3) is 0 Å². The molecular formula is C10H17NO7P2. The summed E-state index contributed by atoms with van der Waals surface area (Å²) < 4.78 is 27.3. The highest BCUT2D eigenvalue weighted by molar-refractivity contribution is 7.70. The van der Waals surface area contributed by atoms with E-state index in [1.54, 1.807) is 24.3 Å². The Morgan fingerprint density at radius 1 is 1.05 bits per heavy atom. The van der Waals surface area contributed by atoms with E-state index < -0.39 is 20.7 Å². The number of hydrogen-bond acceptors (Lipinski definition) is 4. The van der Waals surface area contributed by atoms with Gasteiger partial charge in [0.25, 0.3) is 0 Å². The third-order valence-corrected chi connectivity index (χ3v) is 5.74. The third-order valence-electron chi connectivity index (χ3n) is 2.30. The van der Waals surface area contributed by atoms with Crippen molar-refractivity contribution in [3.8, 4) is 5.75 Å². The van der Waals surface area contributed by atoms with Gasteiger partial charge in [-0.05, 0) is 25.1 Å². The summed E-state index contributed by atoms with van der Waals surface area (Å²) in [6.45, 7) is 0.264. The van der Waals surface area contributed by atoms with Crippen molar-refractivity contribution in [2.24, 2.45) is 0 Å². The molecule has 0 spiro atoms. The Bertz CT molecular complexity index is 476. The normalized spacial score (nSPS) is 12.7. The first-order valence-electron chi connectivity index (χ1n) is 5.73. The van der Waals surface area contributed by atoms with E-state index in [-0.39, 0.29) is 13.2 Å². The fraction of sp³-hybridized carbons (Fsp3) is 0.400. The zero-order valence-corrected chi connectivity index (χ0v) is 12.3. The van der Waals surface area contributed by atoms with Crippen molar-refractivity contribution >= 4 is 15.2 Å². The standard InChI is InChI=1S/C10H17NO7P2/c12-19(13,14)10(20(15,16)17)11-7-4-8-18-9-5-2-1-3-6-9/h1-3,5-6,10-11H,4,7-8H2,(H2,12,13,14)(H2,15,16,17). The lowest BCUT2D eigenvalue weighted by atomic mass is 10.3. The zero-order valence-electron chi connectivity index (χ0n) is 10.5. The van der Waals surface area contributed by atoms with Crippen molar-refractivity contribution < 1.29 is 33.4 Å². The van der Waals surface area contributed by atoms with Gasteiger partial charge in [-0.1, -0.05) is 18.2 Å². The first-order valence-corrected chi connectivity index (χ1v) is 9.09. The number of rotatable bonds is 8. The average Bonchev–Trinajstić information content (AvgIpc) is 2.31. The summed E-state index contributed by atoms with van der Waals surface area (Å²) >= 11 is 0. The smallest absolute Gasteiger partial charge is 0.354 e. The molecule has 0 aromatic heterocycles. The van der Waals surface area contributed by atoms with Crippen LogP contribution in [0.4, 0.5) is 0 Å². The van der Waals surface area contributed by atoms with Crippen LogP contribution in [-0.2, 0) is 9.13 Å². The minimum Gasteiger partial charge on any atom is -0.494 e. The molecule has 0 aliphatic carbocycles. The number of benzene rings is 1. The molecule has 0 aliphatic heterocycles. The molecule has 20 heavy (non-hydrogen) atoms. The molecule has 0 aliphatic rings. The molecule has 0 amide bonds. The van der Waals surface area contributed by atoms with Gasteiger partial charge in [0.15, 0.2) is 0 Å². The van der Waals surface area contributed by atoms with Gasteiger partial charge in [-0.2, -0.15) is 0 Å². The average molecular weight is 325 g/mol. The van der Waals surface area contributed by atoms with Gasteiger partial charge in [0.2, 0.25) is 5.52 Å². The van der Waals surface area contributed by atoms with Crippen LogP contribution >= 0.6 is 15.2 Å². The van der Waals surface area contributed by atoms with Crippen molar-refractivity contribution in [3.05, 3.63) is 30.3 Å². The molecule has 5 N–H and O–H groups in total. The van der Waals surface area contributed by atoms with Crippen LogP contribution in [-0.4, -0.2) is 38.2 Å². The molecule has 0 unspecified atom stereocenters. The molecule has 0 bridgehead atoms. The molecule has 0 heterocycles. The number of ether oxygens (including phenoxy) is 1. The van der Waals surface area contributed by atoms with Crippen LogP contribution in [0, 0.1) is 0 Å². The van der Waals surface area contributed by atoms with Crippen LogP contribution in [0.2, 0.25) is 0 Å². The summed E-state index contributed by atoms with van der Waals surface area (Å²) in [5, 5.41) is 2.18. The van der Waals surface area contributed by atoms with Crippen LogP contribution in [0.3, 0.4) is 0 Å². The molecular weight excluding hydrogens is 308 g/mol. The molecule has 10 heteroatoms. The van der Waals surface area contributed by atoms with Crippen molar-refractivity contribution in [1.82, 2.24) is 5.32 Å². The second kappa shape index (κ2) is 7.33. The minimum absolute atomic E-state index is 0.00766. The Kier molecular flexibility index (Phi) is 6.36. The SMILES string of the molecule is O=P(O)(O)C(NCCCOc1ccccc1)P(=O)(O)O. The maximum absolute atomic E-state index is 11.0. The highest BCUT2D eigenvalue weighted by Gasteiger charge is 2.42. The Morgan fingerprint density at radius 3 is 2.10 bits per heavy atom. The highest BCUT2D eigenvalue weighted by atomic mass is 31.2. The molecule has 0 saturated carbocycles. The Balaban J connectivity index is 2.35. The fourth-order valence-electron chi connectivity index (χ4n) is 1.44. The summed E-state index contributed by atoms with van der Waals surface area (Å²) in [5.41, 5.74) is -2.17. The maximum Gasteiger partial charge on any atom is 0.354 e. The fourth-order valence-corrected chi connectivity index (χ4v) is 3.75. The molecule has 0 saturated heterocycles. The van der Waals surface area contributed by atoms with Gasteiger partial charge in [0.05, 0.1) is 6.61 Å². The number of para-hydroxylation sites is 1. The molecule has 8 nitrogen and oxygen atoms in total. The van der Waals surface area contributed by atoms with E-state index in [1.807, 2.05) is 6.07 Å². The van der Waals surface area contributed by atoms with Gasteiger partial charge in [-0.3, -0.25) is 14.4 Å². The highest BCUT2D eigenvalue weighted by Crippen LogP contribution is 2.58. The second-order valence-corrected chi connectivity index (χ2v) is 7.82. The summed E-state index contributed by atoms with van der Waals surface area (Å²) in [7, 11) is -9.84. The van der Waals surface area contributed by atoms with Crippen LogP contribution in [0.1, 0.15) is 6.42 Å². The van der Waals surface area contributed by atoms with Crippen LogP contribution < -0.4 is 10.1 Å². The molecule has 0 radical (unpaired) electrons. The predicted octanol–water partition coefficient (Wildman–Crippen LogP) is 0.684. The largest absolute Gasteiger partial charge is 0.494 e. The van der Waals surface area contributed by atoms with E-state index in [2.05, 4.69) is 5.32 Å². The lowest BCUT2D eigenvalue weighted by Gasteiger charge is -2.20. The molecule has 0 atom stereocenters. The topological polar surface area (TPSA) is 136 Å². The van der Waals surface area contributed by atoms with Crippen molar-refractivity contribution in [1.29, 1.82) is 0 Å². The van der Waals surface area contributed by atoms with Crippen molar-refractivity contribution in [2.45, 2.75) is 11.9 Å². The summed E-state index contributed by atoms with van der Waals surface area (Å²) in [4.78, 5) is 35.5. The Morgan fingerprint density at radius 2 is 1.60 bits per heavy atom. The number of hydrogen-bond donors (Lipinski definition) is 5. The monoisotopic (exact) mass is 325 g/mol. The predicted molar refractivity (Wildman–Crippen MR) is 72.4 cm³/mol. The first kappa shape index (κ1) is 17.3. The zero-order chi connectivity index (χ0) is 15.2. The van der Waals surface area contributed by atoms with Crippen molar-refractivity contribution in [2.75, 3.05) is 13.2 Å². The van der Waals surface area contributed by atoms with Crippen LogP contribution in [0.5, 0.6) is 5.75 Å². The van der Waals surface area contributed by atoms with Gasteiger partial charge < -0.3 is 24.3 Å². The lowest BCUT2D eigenvalue weighted by Crippen LogP contribution is -2.30. The molecule has 114 valence electrons. The molecule has 0 fully saturated rings. The van der Waals surface area contributed by atoms with E-state index in [0.29, 0.717) is 12.2 Å². The first-order chi connectivity index (χ1) is 9.21.